The smallest absolute Gasteiger partial charge is 0.194 e. The fourth-order valence-corrected chi connectivity index (χ4v) is 4.12. The monoisotopic (exact) mass is 354 g/mol. The Morgan fingerprint density at radius 2 is 1.69 bits per heavy atom. The average Bonchev–Trinajstić information content (AvgIpc) is 2.65. The molecule has 3 aromatic rings. The molecule has 3 heteroatoms. The first-order chi connectivity index (χ1) is 12.6. The van der Waals surface area contributed by atoms with Gasteiger partial charge in [0.25, 0.3) is 0 Å². The fourth-order valence-electron chi connectivity index (χ4n) is 4.12. The standard InChI is InChI=1S/C23H21F3/c1-2-3-14-4-5-16-11-17(7-6-15(16)10-14)18-8-9-20-19(12-18)13-21(24)23(26)22(20)25/h4-7,10-11,13,18H,2-3,8-9,12H2,1H3. The van der Waals surface area contributed by atoms with Crippen molar-refractivity contribution in [1.82, 2.24) is 0 Å². The molecule has 0 saturated heterocycles. The molecule has 0 aliphatic heterocycles. The van der Waals surface area contributed by atoms with Gasteiger partial charge < -0.3 is 0 Å². The summed E-state index contributed by atoms with van der Waals surface area (Å²) in [4.78, 5) is 0. The zero-order chi connectivity index (χ0) is 18.3. The number of hydrogen-bond acceptors (Lipinski definition) is 0. The van der Waals surface area contributed by atoms with Gasteiger partial charge in [0.2, 0.25) is 0 Å². The van der Waals surface area contributed by atoms with Crippen molar-refractivity contribution in [3.63, 3.8) is 0 Å². The molecule has 0 spiro atoms. The molecule has 0 bridgehead atoms. The Morgan fingerprint density at radius 3 is 2.50 bits per heavy atom. The Balaban J connectivity index is 1.65. The van der Waals surface area contributed by atoms with Crippen LogP contribution < -0.4 is 0 Å². The Labute approximate surface area is 151 Å². The molecular formula is C23H21F3. The summed E-state index contributed by atoms with van der Waals surface area (Å²) < 4.78 is 41.0. The second-order valence-electron chi connectivity index (χ2n) is 7.25. The van der Waals surface area contributed by atoms with Crippen LogP contribution in [-0.2, 0) is 19.3 Å². The van der Waals surface area contributed by atoms with Crippen LogP contribution in [0.1, 0.15) is 47.9 Å². The normalized spacial score (nSPS) is 16.7. The highest BCUT2D eigenvalue weighted by Crippen LogP contribution is 2.36. The molecule has 0 saturated carbocycles. The van der Waals surface area contributed by atoms with E-state index in [1.54, 1.807) is 0 Å². The van der Waals surface area contributed by atoms with Gasteiger partial charge in [0.15, 0.2) is 17.5 Å². The predicted octanol–water partition coefficient (Wildman–Crippen LogP) is 6.48. The van der Waals surface area contributed by atoms with E-state index in [2.05, 4.69) is 43.3 Å². The van der Waals surface area contributed by atoms with Crippen LogP contribution in [-0.4, -0.2) is 0 Å². The first-order valence-corrected chi connectivity index (χ1v) is 9.24. The van der Waals surface area contributed by atoms with E-state index in [-0.39, 0.29) is 5.92 Å². The van der Waals surface area contributed by atoms with Crippen molar-refractivity contribution in [2.75, 3.05) is 0 Å². The zero-order valence-corrected chi connectivity index (χ0v) is 14.8. The van der Waals surface area contributed by atoms with Crippen LogP contribution in [0.5, 0.6) is 0 Å². The quantitative estimate of drug-likeness (QED) is 0.472. The summed E-state index contributed by atoms with van der Waals surface area (Å²) in [6.07, 6.45) is 3.93. The molecule has 134 valence electrons. The molecule has 0 N–H and O–H groups in total. The molecule has 1 unspecified atom stereocenters. The topological polar surface area (TPSA) is 0 Å². The van der Waals surface area contributed by atoms with Gasteiger partial charge in [-0.25, -0.2) is 13.2 Å². The van der Waals surface area contributed by atoms with Gasteiger partial charge in [-0.1, -0.05) is 49.7 Å². The SMILES string of the molecule is CCCc1ccc2cc(C3CCc4c(cc(F)c(F)c4F)C3)ccc2c1. The van der Waals surface area contributed by atoms with Crippen LogP contribution in [0.3, 0.4) is 0 Å². The molecule has 4 rings (SSSR count). The summed E-state index contributed by atoms with van der Waals surface area (Å²) in [5.41, 5.74) is 3.45. The maximum Gasteiger partial charge on any atom is 0.194 e. The highest BCUT2D eigenvalue weighted by atomic mass is 19.2. The number of hydrogen-bond donors (Lipinski definition) is 0. The van der Waals surface area contributed by atoms with Crippen molar-refractivity contribution in [3.05, 3.63) is 82.2 Å². The third-order valence-electron chi connectivity index (χ3n) is 5.50. The van der Waals surface area contributed by atoms with E-state index in [0.29, 0.717) is 24.0 Å². The van der Waals surface area contributed by atoms with E-state index in [1.165, 1.54) is 21.9 Å². The van der Waals surface area contributed by atoms with Crippen LogP contribution in [0.4, 0.5) is 13.2 Å². The lowest BCUT2D eigenvalue weighted by Crippen LogP contribution is -2.16. The second kappa shape index (κ2) is 6.79. The second-order valence-corrected chi connectivity index (χ2v) is 7.25. The summed E-state index contributed by atoms with van der Waals surface area (Å²) in [6.45, 7) is 2.17. The largest absolute Gasteiger partial charge is 0.204 e. The molecule has 3 aromatic carbocycles. The van der Waals surface area contributed by atoms with Crippen LogP contribution in [0.15, 0.2) is 42.5 Å². The summed E-state index contributed by atoms with van der Waals surface area (Å²) in [5, 5.41) is 2.40. The predicted molar refractivity (Wildman–Crippen MR) is 99.0 cm³/mol. The van der Waals surface area contributed by atoms with E-state index in [9.17, 15) is 13.2 Å². The van der Waals surface area contributed by atoms with Gasteiger partial charge >= 0.3 is 0 Å². The molecule has 0 aromatic heterocycles. The number of benzene rings is 3. The van der Waals surface area contributed by atoms with Crippen molar-refractivity contribution in [2.24, 2.45) is 0 Å². The molecule has 0 amide bonds. The van der Waals surface area contributed by atoms with E-state index in [0.717, 1.165) is 25.3 Å². The summed E-state index contributed by atoms with van der Waals surface area (Å²) in [5.74, 6) is -3.26. The van der Waals surface area contributed by atoms with Crippen LogP contribution >= 0.6 is 0 Å². The number of fused-ring (bicyclic) bond motifs is 2. The third-order valence-corrected chi connectivity index (χ3v) is 5.50. The lowest BCUT2D eigenvalue weighted by atomic mass is 9.79. The number of rotatable bonds is 3. The van der Waals surface area contributed by atoms with Crippen LogP contribution in [0.2, 0.25) is 0 Å². The molecule has 1 aliphatic rings. The van der Waals surface area contributed by atoms with Gasteiger partial charge in [-0.05, 0) is 70.7 Å². The molecule has 0 heterocycles. The minimum Gasteiger partial charge on any atom is -0.204 e. The fraction of sp³-hybridized carbons (Fsp3) is 0.304. The van der Waals surface area contributed by atoms with Gasteiger partial charge in [0.05, 0.1) is 0 Å². The first kappa shape index (κ1) is 17.1. The van der Waals surface area contributed by atoms with Crippen molar-refractivity contribution < 1.29 is 13.2 Å². The number of aryl methyl sites for hydroxylation is 1. The van der Waals surface area contributed by atoms with Crippen molar-refractivity contribution in [2.45, 2.75) is 44.9 Å². The lowest BCUT2D eigenvalue weighted by molar-refractivity contribution is 0.428. The molecule has 26 heavy (non-hydrogen) atoms. The van der Waals surface area contributed by atoms with Gasteiger partial charge in [0.1, 0.15) is 0 Å². The van der Waals surface area contributed by atoms with Crippen LogP contribution in [0, 0.1) is 17.5 Å². The highest BCUT2D eigenvalue weighted by molar-refractivity contribution is 5.84. The molecule has 1 atom stereocenters. The van der Waals surface area contributed by atoms with Crippen molar-refractivity contribution >= 4 is 10.8 Å². The molecule has 0 radical (unpaired) electrons. The minimum absolute atomic E-state index is 0.200. The Hall–Kier alpha value is -2.29. The minimum atomic E-state index is -1.35. The Bertz CT molecular complexity index is 975. The van der Waals surface area contributed by atoms with E-state index in [4.69, 9.17) is 0 Å². The maximum atomic E-state index is 14.0. The van der Waals surface area contributed by atoms with Gasteiger partial charge in [-0.15, -0.1) is 0 Å². The van der Waals surface area contributed by atoms with E-state index in [1.807, 2.05) is 0 Å². The average molecular weight is 354 g/mol. The Kier molecular flexibility index (Phi) is 4.47. The van der Waals surface area contributed by atoms with Gasteiger partial charge in [0, 0.05) is 0 Å². The maximum absolute atomic E-state index is 14.0. The molecule has 0 nitrogen and oxygen atoms in total. The van der Waals surface area contributed by atoms with Gasteiger partial charge in [-0.2, -0.15) is 0 Å². The van der Waals surface area contributed by atoms with Crippen molar-refractivity contribution in [1.29, 1.82) is 0 Å². The first-order valence-electron chi connectivity index (χ1n) is 9.24. The van der Waals surface area contributed by atoms with Crippen molar-refractivity contribution in [3.8, 4) is 0 Å². The summed E-state index contributed by atoms with van der Waals surface area (Å²) >= 11 is 0. The molecule has 0 fully saturated rings. The highest BCUT2D eigenvalue weighted by Gasteiger charge is 2.26. The Morgan fingerprint density at radius 1 is 0.923 bits per heavy atom. The summed E-state index contributed by atoms with van der Waals surface area (Å²) in [6, 6.07) is 14.1. The lowest BCUT2D eigenvalue weighted by Gasteiger charge is -2.26. The zero-order valence-electron chi connectivity index (χ0n) is 14.8. The molecular weight excluding hydrogens is 333 g/mol. The van der Waals surface area contributed by atoms with E-state index < -0.39 is 17.5 Å². The van der Waals surface area contributed by atoms with E-state index >= 15 is 0 Å². The number of halogens is 3. The molecule has 1 aliphatic carbocycles. The van der Waals surface area contributed by atoms with Gasteiger partial charge in [-0.3, -0.25) is 0 Å². The van der Waals surface area contributed by atoms with Crippen LogP contribution in [0.25, 0.3) is 10.8 Å². The summed E-state index contributed by atoms with van der Waals surface area (Å²) in [7, 11) is 0. The third kappa shape index (κ3) is 3.00.